The number of rotatable bonds is 8. The Hall–Kier alpha value is -3.44. The van der Waals surface area contributed by atoms with Gasteiger partial charge < -0.3 is 9.30 Å². The number of hydrogen-bond acceptors (Lipinski definition) is 5. The largest absolute Gasteiger partial charge is 0.418 e. The molecule has 4 aromatic rings. The zero-order chi connectivity index (χ0) is 29.6. The number of likely N-dealkylation sites (tertiary alicyclic amines) is 1. The number of aryl methyl sites for hydroxylation is 1. The van der Waals surface area contributed by atoms with Crippen molar-refractivity contribution in [2.75, 3.05) is 26.8 Å². The molecule has 0 radical (unpaired) electrons. The maximum Gasteiger partial charge on any atom is 0.418 e. The normalized spacial score (nSPS) is 22.4. The highest BCUT2D eigenvalue weighted by molar-refractivity contribution is 5.58. The molecule has 4 heterocycles. The lowest BCUT2D eigenvalue weighted by atomic mass is 9.66. The van der Waals surface area contributed by atoms with Crippen molar-refractivity contribution in [3.05, 3.63) is 82.1 Å². The fourth-order valence-electron chi connectivity index (χ4n) is 6.94. The molecule has 0 spiro atoms. The van der Waals surface area contributed by atoms with E-state index in [9.17, 15) is 18.0 Å². The van der Waals surface area contributed by atoms with Gasteiger partial charge in [-0.1, -0.05) is 19.1 Å². The predicted molar refractivity (Wildman–Crippen MR) is 153 cm³/mol. The smallest absolute Gasteiger partial charge is 0.384 e. The summed E-state index contributed by atoms with van der Waals surface area (Å²) in [6.07, 6.45) is 4.03. The molecule has 11 heteroatoms. The molecule has 224 valence electrons. The van der Waals surface area contributed by atoms with E-state index in [0.29, 0.717) is 42.2 Å². The summed E-state index contributed by atoms with van der Waals surface area (Å²) in [5.74, 6) is 2.03. The number of hydrogen-bond donors (Lipinski definition) is 0. The summed E-state index contributed by atoms with van der Waals surface area (Å²) in [6, 6.07) is 8.70. The Kier molecular flexibility index (Phi) is 7.74. The molecular weight excluding hydrogens is 545 g/mol. The van der Waals surface area contributed by atoms with E-state index in [1.807, 2.05) is 29.8 Å². The summed E-state index contributed by atoms with van der Waals surface area (Å²) in [4.78, 5) is 15.9. The number of aromatic nitrogens is 5. The predicted octanol–water partition coefficient (Wildman–Crippen LogP) is 5.27. The van der Waals surface area contributed by atoms with Gasteiger partial charge in [0.2, 0.25) is 0 Å². The number of benzene rings is 1. The molecule has 0 N–H and O–H groups in total. The molecule has 0 amide bonds. The van der Waals surface area contributed by atoms with Crippen LogP contribution in [-0.2, 0) is 24.5 Å². The third-order valence-corrected chi connectivity index (χ3v) is 8.95. The number of fused-ring (bicyclic) bond motifs is 1. The quantitative estimate of drug-likeness (QED) is 0.283. The number of nitrogens with zero attached hydrogens (tertiary/aromatic N) is 6. The number of alkyl halides is 3. The van der Waals surface area contributed by atoms with Crippen LogP contribution in [0, 0.1) is 17.8 Å². The second-order valence-corrected chi connectivity index (χ2v) is 12.2. The molecule has 1 aliphatic heterocycles. The first-order valence-electron chi connectivity index (χ1n) is 14.6. The van der Waals surface area contributed by atoms with Crippen LogP contribution < -0.4 is 5.69 Å². The third-order valence-electron chi connectivity index (χ3n) is 8.95. The molecule has 0 bridgehead atoms. The fourth-order valence-corrected chi connectivity index (χ4v) is 6.94. The highest BCUT2D eigenvalue weighted by atomic mass is 19.4. The summed E-state index contributed by atoms with van der Waals surface area (Å²) in [6.45, 7) is 4.91. The Morgan fingerprint density at radius 1 is 1.17 bits per heavy atom. The number of pyridine rings is 1. The Morgan fingerprint density at radius 3 is 2.67 bits per heavy atom. The van der Waals surface area contributed by atoms with Gasteiger partial charge in [-0.05, 0) is 79.3 Å². The third kappa shape index (κ3) is 5.51. The van der Waals surface area contributed by atoms with Crippen LogP contribution in [0.25, 0.3) is 11.2 Å². The second kappa shape index (κ2) is 11.3. The molecule has 2 fully saturated rings. The van der Waals surface area contributed by atoms with Crippen molar-refractivity contribution in [2.24, 2.45) is 24.8 Å². The number of imidazole rings is 1. The zero-order valence-electron chi connectivity index (χ0n) is 24.2. The molecular formula is C31H37F3N6O2. The van der Waals surface area contributed by atoms with Crippen LogP contribution in [0.5, 0.6) is 0 Å². The van der Waals surface area contributed by atoms with Gasteiger partial charge in [-0.15, -0.1) is 10.2 Å². The molecule has 1 aromatic carbocycles. The van der Waals surface area contributed by atoms with Gasteiger partial charge in [0.15, 0.2) is 0 Å². The standard InChI is InChI=1S/C31H37F3N6O2/c1-20-6-5-9-38(14-20)15-22-12-26(31(32,33)34)27-17-39(30(41)40(27)16-22)25-8-4-7-23(13-25)28(29-36-35-19-37(29)2)24-10-21(11-24)18-42-3/h4,7-8,12-13,16-17,19-21,24,28H,5-6,9-11,14-15,18H2,1-3H3/t20-,21-,24-,28+/m0/s1. The van der Waals surface area contributed by atoms with E-state index in [2.05, 4.69) is 22.0 Å². The van der Waals surface area contributed by atoms with Crippen molar-refractivity contribution in [1.29, 1.82) is 0 Å². The van der Waals surface area contributed by atoms with Crippen LogP contribution in [0.2, 0.25) is 0 Å². The van der Waals surface area contributed by atoms with E-state index in [0.717, 1.165) is 54.6 Å². The molecule has 3 aromatic heterocycles. The van der Waals surface area contributed by atoms with Crippen molar-refractivity contribution in [1.82, 2.24) is 28.6 Å². The average Bonchev–Trinajstić information content (AvgIpc) is 3.49. The van der Waals surface area contributed by atoms with Gasteiger partial charge in [0.1, 0.15) is 12.2 Å². The van der Waals surface area contributed by atoms with Crippen LogP contribution in [0.15, 0.2) is 53.8 Å². The zero-order valence-corrected chi connectivity index (χ0v) is 24.2. The Bertz CT molecular complexity index is 1620. The van der Waals surface area contributed by atoms with E-state index in [-0.39, 0.29) is 11.4 Å². The van der Waals surface area contributed by atoms with Gasteiger partial charge in [-0.2, -0.15) is 13.2 Å². The van der Waals surface area contributed by atoms with Gasteiger partial charge in [-0.3, -0.25) is 13.9 Å². The summed E-state index contributed by atoms with van der Waals surface area (Å²) in [7, 11) is 3.61. The van der Waals surface area contributed by atoms with Gasteiger partial charge in [0.05, 0.1) is 16.8 Å². The Labute approximate surface area is 242 Å². The van der Waals surface area contributed by atoms with Gasteiger partial charge >= 0.3 is 11.9 Å². The maximum atomic E-state index is 14.3. The van der Waals surface area contributed by atoms with Crippen molar-refractivity contribution in [3.63, 3.8) is 0 Å². The van der Waals surface area contributed by atoms with E-state index in [1.54, 1.807) is 25.7 Å². The molecule has 6 rings (SSSR count). The highest BCUT2D eigenvalue weighted by Gasteiger charge is 2.39. The van der Waals surface area contributed by atoms with Gasteiger partial charge in [0.25, 0.3) is 0 Å². The van der Waals surface area contributed by atoms with Crippen LogP contribution in [0.3, 0.4) is 0 Å². The minimum atomic E-state index is -4.60. The molecule has 2 atom stereocenters. The maximum absolute atomic E-state index is 14.3. The summed E-state index contributed by atoms with van der Waals surface area (Å²) in [5.41, 5.74) is 0.465. The second-order valence-electron chi connectivity index (χ2n) is 12.2. The monoisotopic (exact) mass is 582 g/mol. The van der Waals surface area contributed by atoms with Crippen LogP contribution in [-0.4, -0.2) is 55.4 Å². The van der Waals surface area contributed by atoms with Crippen LogP contribution in [0.4, 0.5) is 13.2 Å². The minimum absolute atomic E-state index is 0.0671. The van der Waals surface area contributed by atoms with E-state index >= 15 is 0 Å². The number of methoxy groups -OCH3 is 1. The fraction of sp³-hybridized carbons (Fsp3) is 0.516. The first-order chi connectivity index (χ1) is 20.1. The summed E-state index contributed by atoms with van der Waals surface area (Å²) in [5, 5.41) is 8.50. The summed E-state index contributed by atoms with van der Waals surface area (Å²) >= 11 is 0. The number of piperidine rings is 1. The van der Waals surface area contributed by atoms with Crippen molar-refractivity contribution in [2.45, 2.75) is 51.2 Å². The lowest BCUT2D eigenvalue weighted by molar-refractivity contribution is -0.136. The van der Waals surface area contributed by atoms with Gasteiger partial charge in [0, 0.05) is 52.2 Å². The molecule has 2 aliphatic rings. The van der Waals surface area contributed by atoms with E-state index < -0.39 is 17.4 Å². The molecule has 0 unspecified atom stereocenters. The number of halogens is 3. The molecule has 1 saturated heterocycles. The Morgan fingerprint density at radius 2 is 1.98 bits per heavy atom. The van der Waals surface area contributed by atoms with Crippen molar-refractivity contribution >= 4 is 5.52 Å². The topological polar surface area (TPSA) is 69.6 Å². The first-order valence-corrected chi connectivity index (χ1v) is 14.6. The van der Waals surface area contributed by atoms with E-state index in [4.69, 9.17) is 4.74 Å². The first kappa shape index (κ1) is 28.7. The van der Waals surface area contributed by atoms with Crippen molar-refractivity contribution in [3.8, 4) is 5.69 Å². The minimum Gasteiger partial charge on any atom is -0.384 e. The van der Waals surface area contributed by atoms with E-state index in [1.165, 1.54) is 16.8 Å². The highest BCUT2D eigenvalue weighted by Crippen LogP contribution is 2.46. The van der Waals surface area contributed by atoms with Crippen LogP contribution in [0.1, 0.15) is 61.0 Å². The molecule has 1 aliphatic carbocycles. The molecule has 42 heavy (non-hydrogen) atoms. The Balaban J connectivity index is 1.39. The summed E-state index contributed by atoms with van der Waals surface area (Å²) < 4.78 is 52.6. The SMILES string of the molecule is COC[C@H]1C[C@H]([C@@H](c2cccc(-n3cc4c(C(F)(F)F)cc(CN5CCC[C@H](C)C5)cn4c3=O)c2)c2nncn2C)C1. The molecule has 8 nitrogen and oxygen atoms in total. The van der Waals surface area contributed by atoms with Crippen molar-refractivity contribution < 1.29 is 17.9 Å². The van der Waals surface area contributed by atoms with Crippen LogP contribution >= 0.6 is 0 Å². The molecule has 1 saturated carbocycles. The number of ether oxygens (including phenoxy) is 1. The lowest BCUT2D eigenvalue weighted by Crippen LogP contribution is -2.34. The lowest BCUT2D eigenvalue weighted by Gasteiger charge is -2.40. The van der Waals surface area contributed by atoms with Gasteiger partial charge in [-0.25, -0.2) is 4.79 Å². The average molecular weight is 583 g/mol.